The molecule has 0 spiro atoms. The highest BCUT2D eigenvalue weighted by Crippen LogP contribution is 2.28. The van der Waals surface area contributed by atoms with Gasteiger partial charge in [-0.2, -0.15) is 0 Å². The molecule has 0 atom stereocenters. The van der Waals surface area contributed by atoms with Crippen LogP contribution in [0.15, 0.2) is 18.2 Å². The van der Waals surface area contributed by atoms with E-state index in [1.807, 2.05) is 0 Å². The second-order valence-corrected chi connectivity index (χ2v) is 4.50. The number of hydrogen-bond donors (Lipinski definition) is 2. The summed E-state index contributed by atoms with van der Waals surface area (Å²) >= 11 is 5.80. The van der Waals surface area contributed by atoms with Gasteiger partial charge in [0.2, 0.25) is 5.91 Å². The summed E-state index contributed by atoms with van der Waals surface area (Å²) in [5, 5.41) is 0.477. The summed E-state index contributed by atoms with van der Waals surface area (Å²) in [6.45, 7) is 0. The number of carbonyl (C=O) groups is 2. The zero-order valence-corrected chi connectivity index (χ0v) is 10.6. The van der Waals surface area contributed by atoms with Crippen molar-refractivity contribution >= 4 is 23.4 Å². The van der Waals surface area contributed by atoms with E-state index in [4.69, 9.17) is 16.3 Å². The molecule has 0 unspecified atom stereocenters. The van der Waals surface area contributed by atoms with Gasteiger partial charge in [-0.3, -0.25) is 20.4 Å². The Labute approximate surface area is 109 Å². The lowest BCUT2D eigenvalue weighted by atomic mass is 10.2. The predicted octanol–water partition coefficient (Wildman–Crippen LogP) is 1.52. The number of methoxy groups -OCH3 is 1. The van der Waals surface area contributed by atoms with E-state index in [0.29, 0.717) is 16.3 Å². The fraction of sp³-hybridized carbons (Fsp3) is 0.333. The average molecular weight is 269 g/mol. The number of benzene rings is 1. The van der Waals surface area contributed by atoms with Crippen LogP contribution >= 0.6 is 11.6 Å². The van der Waals surface area contributed by atoms with Gasteiger partial charge in [0.15, 0.2) is 0 Å². The Hall–Kier alpha value is -1.75. The van der Waals surface area contributed by atoms with E-state index < -0.39 is 5.91 Å². The van der Waals surface area contributed by atoms with Crippen molar-refractivity contribution < 1.29 is 14.3 Å². The third-order valence-electron chi connectivity index (χ3n) is 2.66. The van der Waals surface area contributed by atoms with E-state index in [2.05, 4.69) is 10.9 Å². The standard InChI is InChI=1S/C12H13ClN2O3/c1-18-10-6-8(13)4-5-9(10)12(17)15-14-11(16)7-2-3-7/h4-7H,2-3H2,1H3,(H,14,16)(H,15,17). The molecule has 1 aliphatic rings. The first-order valence-electron chi connectivity index (χ1n) is 5.55. The van der Waals surface area contributed by atoms with Crippen LogP contribution in [0, 0.1) is 5.92 Å². The van der Waals surface area contributed by atoms with E-state index in [9.17, 15) is 9.59 Å². The van der Waals surface area contributed by atoms with Crippen molar-refractivity contribution in [1.82, 2.24) is 10.9 Å². The van der Waals surface area contributed by atoms with Crippen LogP contribution in [0.5, 0.6) is 5.75 Å². The number of nitrogens with one attached hydrogen (secondary N) is 2. The van der Waals surface area contributed by atoms with Crippen LogP contribution < -0.4 is 15.6 Å². The SMILES string of the molecule is COc1cc(Cl)ccc1C(=O)NNC(=O)C1CC1. The van der Waals surface area contributed by atoms with Crippen molar-refractivity contribution in [2.75, 3.05) is 7.11 Å². The predicted molar refractivity (Wildman–Crippen MR) is 66.3 cm³/mol. The van der Waals surface area contributed by atoms with Crippen LogP contribution in [0.2, 0.25) is 5.02 Å². The van der Waals surface area contributed by atoms with Gasteiger partial charge in [0.1, 0.15) is 5.75 Å². The van der Waals surface area contributed by atoms with Gasteiger partial charge in [-0.25, -0.2) is 0 Å². The molecule has 0 radical (unpaired) electrons. The molecule has 0 saturated heterocycles. The minimum absolute atomic E-state index is 0.0393. The third-order valence-corrected chi connectivity index (χ3v) is 2.89. The second kappa shape index (κ2) is 5.27. The first-order valence-corrected chi connectivity index (χ1v) is 5.93. The molecule has 1 aromatic carbocycles. The Morgan fingerprint density at radius 2 is 2.06 bits per heavy atom. The topological polar surface area (TPSA) is 67.4 Å². The number of hydrazine groups is 1. The molecule has 1 aliphatic carbocycles. The number of rotatable bonds is 3. The number of halogens is 1. The minimum Gasteiger partial charge on any atom is -0.496 e. The summed E-state index contributed by atoms with van der Waals surface area (Å²) in [7, 11) is 1.45. The lowest BCUT2D eigenvalue weighted by Gasteiger charge is -2.10. The molecule has 96 valence electrons. The quantitative estimate of drug-likeness (QED) is 0.817. The van der Waals surface area contributed by atoms with Crippen molar-refractivity contribution in [3.05, 3.63) is 28.8 Å². The summed E-state index contributed by atoms with van der Waals surface area (Å²) in [6, 6.07) is 4.67. The molecule has 0 bridgehead atoms. The Kier molecular flexibility index (Phi) is 3.72. The van der Waals surface area contributed by atoms with Crippen molar-refractivity contribution in [2.24, 2.45) is 5.92 Å². The highest BCUT2D eigenvalue weighted by molar-refractivity contribution is 6.30. The fourth-order valence-corrected chi connectivity index (χ4v) is 1.65. The van der Waals surface area contributed by atoms with Gasteiger partial charge >= 0.3 is 0 Å². The highest BCUT2D eigenvalue weighted by atomic mass is 35.5. The molecule has 0 aliphatic heterocycles. The first kappa shape index (κ1) is 12.7. The number of hydrogen-bond acceptors (Lipinski definition) is 3. The molecule has 6 heteroatoms. The van der Waals surface area contributed by atoms with Crippen molar-refractivity contribution in [3.8, 4) is 5.75 Å². The molecule has 1 fully saturated rings. The molecule has 5 nitrogen and oxygen atoms in total. The molecule has 18 heavy (non-hydrogen) atoms. The van der Waals surface area contributed by atoms with Crippen LogP contribution in [0.1, 0.15) is 23.2 Å². The molecular weight excluding hydrogens is 256 g/mol. The minimum atomic E-state index is -0.433. The summed E-state index contributed by atoms with van der Waals surface area (Å²) in [6.07, 6.45) is 1.76. The largest absolute Gasteiger partial charge is 0.496 e. The summed E-state index contributed by atoms with van der Waals surface area (Å²) < 4.78 is 5.06. The Morgan fingerprint density at radius 1 is 1.33 bits per heavy atom. The van der Waals surface area contributed by atoms with Crippen molar-refractivity contribution in [2.45, 2.75) is 12.8 Å². The van der Waals surface area contributed by atoms with Crippen molar-refractivity contribution in [3.63, 3.8) is 0 Å². The van der Waals surface area contributed by atoms with E-state index in [1.165, 1.54) is 7.11 Å². The van der Waals surface area contributed by atoms with Gasteiger partial charge in [-0.15, -0.1) is 0 Å². The molecular formula is C12H13ClN2O3. The van der Waals surface area contributed by atoms with Crippen LogP contribution in [-0.4, -0.2) is 18.9 Å². The smallest absolute Gasteiger partial charge is 0.273 e. The van der Waals surface area contributed by atoms with Crippen LogP contribution in [0.4, 0.5) is 0 Å². The van der Waals surface area contributed by atoms with Gasteiger partial charge in [0.05, 0.1) is 12.7 Å². The Balaban J connectivity index is 2.01. The first-order chi connectivity index (χ1) is 8.61. The van der Waals surface area contributed by atoms with Gasteiger partial charge < -0.3 is 4.74 Å². The van der Waals surface area contributed by atoms with Crippen LogP contribution in [0.25, 0.3) is 0 Å². The van der Waals surface area contributed by atoms with Gasteiger partial charge in [0.25, 0.3) is 5.91 Å². The maximum absolute atomic E-state index is 11.8. The Morgan fingerprint density at radius 3 is 2.67 bits per heavy atom. The molecule has 0 aromatic heterocycles. The monoisotopic (exact) mass is 268 g/mol. The van der Waals surface area contributed by atoms with E-state index in [0.717, 1.165) is 12.8 Å². The summed E-state index contributed by atoms with van der Waals surface area (Å²) in [5.41, 5.74) is 5.05. The summed E-state index contributed by atoms with van der Waals surface area (Å²) in [5.74, 6) is -0.188. The second-order valence-electron chi connectivity index (χ2n) is 4.06. The molecule has 2 N–H and O–H groups in total. The number of amides is 2. The van der Waals surface area contributed by atoms with Crippen LogP contribution in [0.3, 0.4) is 0 Å². The van der Waals surface area contributed by atoms with Gasteiger partial charge in [-0.05, 0) is 31.0 Å². The van der Waals surface area contributed by atoms with Gasteiger partial charge in [0, 0.05) is 10.9 Å². The highest BCUT2D eigenvalue weighted by Gasteiger charge is 2.29. The average Bonchev–Trinajstić information content (AvgIpc) is 3.19. The van der Waals surface area contributed by atoms with Crippen LogP contribution in [-0.2, 0) is 4.79 Å². The van der Waals surface area contributed by atoms with E-state index in [1.54, 1.807) is 18.2 Å². The van der Waals surface area contributed by atoms with Crippen molar-refractivity contribution in [1.29, 1.82) is 0 Å². The third kappa shape index (κ3) is 2.92. The molecule has 0 heterocycles. The van der Waals surface area contributed by atoms with Gasteiger partial charge in [-0.1, -0.05) is 11.6 Å². The molecule has 2 amide bonds. The fourth-order valence-electron chi connectivity index (χ4n) is 1.49. The van der Waals surface area contributed by atoms with E-state index in [-0.39, 0.29) is 11.8 Å². The molecule has 1 saturated carbocycles. The molecule has 1 aromatic rings. The number of carbonyl (C=O) groups excluding carboxylic acids is 2. The Bertz CT molecular complexity index is 486. The maximum atomic E-state index is 11.8. The lowest BCUT2D eigenvalue weighted by Crippen LogP contribution is -2.42. The normalized spacial score (nSPS) is 13.9. The maximum Gasteiger partial charge on any atom is 0.273 e. The lowest BCUT2D eigenvalue weighted by molar-refractivity contribution is -0.123. The number of ether oxygens (including phenoxy) is 1. The van der Waals surface area contributed by atoms with E-state index >= 15 is 0 Å². The zero-order chi connectivity index (χ0) is 13.1. The zero-order valence-electron chi connectivity index (χ0n) is 9.83. The summed E-state index contributed by atoms with van der Waals surface area (Å²) in [4.78, 5) is 23.2. The molecule has 2 rings (SSSR count).